The molecule has 2 rings (SSSR count). The second kappa shape index (κ2) is 4.49. The molecule has 1 saturated heterocycles. The summed E-state index contributed by atoms with van der Waals surface area (Å²) in [5.41, 5.74) is 6.50. The van der Waals surface area contributed by atoms with E-state index in [1.54, 1.807) is 17.2 Å². The molecular formula is C11H15N3O2. The summed E-state index contributed by atoms with van der Waals surface area (Å²) in [7, 11) is 0. The van der Waals surface area contributed by atoms with Gasteiger partial charge in [-0.1, -0.05) is 0 Å². The Morgan fingerprint density at radius 1 is 1.62 bits per heavy atom. The predicted octanol–water partition coefficient (Wildman–Crippen LogP) is 0.544. The van der Waals surface area contributed by atoms with Crippen molar-refractivity contribution in [1.29, 1.82) is 0 Å². The minimum absolute atomic E-state index is 0.0541. The molecule has 86 valence electrons. The maximum atomic E-state index is 11.6. The van der Waals surface area contributed by atoms with Crippen molar-refractivity contribution < 1.29 is 9.53 Å². The largest absolute Gasteiger partial charge is 0.478 e. The topological polar surface area (TPSA) is 68.5 Å². The van der Waals surface area contributed by atoms with Crippen molar-refractivity contribution in [3.8, 4) is 5.88 Å². The second-order valence-electron chi connectivity index (χ2n) is 3.76. The third kappa shape index (κ3) is 2.14. The molecule has 1 aromatic heterocycles. The van der Waals surface area contributed by atoms with Crippen molar-refractivity contribution in [3.63, 3.8) is 0 Å². The highest BCUT2D eigenvalue weighted by Crippen LogP contribution is 2.21. The van der Waals surface area contributed by atoms with Crippen molar-refractivity contribution in [1.82, 2.24) is 4.98 Å². The number of nitrogens with two attached hydrogens (primary N) is 1. The molecule has 1 aromatic rings. The fraction of sp³-hybridized carbons (Fsp3) is 0.455. The van der Waals surface area contributed by atoms with Crippen molar-refractivity contribution in [2.45, 2.75) is 19.4 Å². The van der Waals surface area contributed by atoms with Crippen molar-refractivity contribution in [2.24, 2.45) is 5.73 Å². The van der Waals surface area contributed by atoms with Crippen LogP contribution in [0.25, 0.3) is 0 Å². The van der Waals surface area contributed by atoms with Gasteiger partial charge in [-0.3, -0.25) is 4.79 Å². The minimum Gasteiger partial charge on any atom is -0.478 e. The Kier molecular flexibility index (Phi) is 3.05. The number of rotatable bonds is 3. The lowest BCUT2D eigenvalue weighted by Gasteiger charge is -2.15. The fourth-order valence-corrected chi connectivity index (χ4v) is 1.75. The van der Waals surface area contributed by atoms with Crippen LogP contribution in [0.1, 0.15) is 13.3 Å². The summed E-state index contributed by atoms with van der Waals surface area (Å²) in [4.78, 5) is 17.4. The Balaban J connectivity index is 2.12. The Morgan fingerprint density at radius 3 is 2.94 bits per heavy atom. The Labute approximate surface area is 94.2 Å². The van der Waals surface area contributed by atoms with Gasteiger partial charge in [0.25, 0.3) is 0 Å². The molecule has 1 aliphatic rings. The number of carbonyl (C=O) groups is 1. The predicted molar refractivity (Wildman–Crippen MR) is 60.4 cm³/mol. The number of anilines is 1. The van der Waals surface area contributed by atoms with E-state index in [1.807, 2.05) is 13.0 Å². The molecule has 1 atom stereocenters. The number of hydrogen-bond acceptors (Lipinski definition) is 4. The molecular weight excluding hydrogens is 206 g/mol. The van der Waals surface area contributed by atoms with E-state index in [-0.39, 0.29) is 11.9 Å². The Hall–Kier alpha value is -1.62. The molecule has 0 saturated carbocycles. The maximum absolute atomic E-state index is 11.6. The van der Waals surface area contributed by atoms with E-state index in [0.29, 0.717) is 25.5 Å². The van der Waals surface area contributed by atoms with Gasteiger partial charge >= 0.3 is 0 Å². The van der Waals surface area contributed by atoms with Gasteiger partial charge in [0.1, 0.15) is 0 Å². The molecule has 0 bridgehead atoms. The molecule has 1 aliphatic heterocycles. The monoisotopic (exact) mass is 221 g/mol. The number of ether oxygens (including phenoxy) is 1. The van der Waals surface area contributed by atoms with E-state index in [9.17, 15) is 4.79 Å². The van der Waals surface area contributed by atoms with Crippen molar-refractivity contribution in [3.05, 3.63) is 18.3 Å². The van der Waals surface area contributed by atoms with Gasteiger partial charge in [-0.2, -0.15) is 0 Å². The second-order valence-corrected chi connectivity index (χ2v) is 3.76. The average Bonchev–Trinajstić information content (AvgIpc) is 2.59. The van der Waals surface area contributed by atoms with Crippen LogP contribution in [0.4, 0.5) is 5.69 Å². The summed E-state index contributed by atoms with van der Waals surface area (Å²) in [6.45, 7) is 3.05. The number of pyridine rings is 1. The SMILES string of the molecule is CCOc1ccc(N2CC(N)CC2=O)cn1. The molecule has 16 heavy (non-hydrogen) atoms. The van der Waals surface area contributed by atoms with Gasteiger partial charge in [0.05, 0.1) is 18.5 Å². The quantitative estimate of drug-likeness (QED) is 0.809. The zero-order valence-electron chi connectivity index (χ0n) is 9.22. The van der Waals surface area contributed by atoms with Crippen LogP contribution >= 0.6 is 0 Å². The lowest BCUT2D eigenvalue weighted by atomic mass is 10.3. The van der Waals surface area contributed by atoms with Crippen LogP contribution in [0.2, 0.25) is 0 Å². The average molecular weight is 221 g/mol. The first-order chi connectivity index (χ1) is 7.70. The molecule has 0 spiro atoms. The normalized spacial score (nSPS) is 20.2. The molecule has 2 heterocycles. The molecule has 0 aliphatic carbocycles. The molecule has 1 unspecified atom stereocenters. The number of hydrogen-bond donors (Lipinski definition) is 1. The van der Waals surface area contributed by atoms with Crippen LogP contribution in [0.15, 0.2) is 18.3 Å². The molecule has 5 heteroatoms. The summed E-state index contributed by atoms with van der Waals surface area (Å²) in [6.07, 6.45) is 2.05. The van der Waals surface area contributed by atoms with Crippen LogP contribution in [0, 0.1) is 0 Å². The van der Waals surface area contributed by atoms with Crippen molar-refractivity contribution in [2.75, 3.05) is 18.1 Å². The standard InChI is InChI=1S/C11H15N3O2/c1-2-16-10-4-3-9(6-13-10)14-7-8(12)5-11(14)15/h3-4,6,8H,2,5,7,12H2,1H3. The first kappa shape index (κ1) is 10.9. The Morgan fingerprint density at radius 2 is 2.44 bits per heavy atom. The first-order valence-electron chi connectivity index (χ1n) is 5.35. The van der Waals surface area contributed by atoms with E-state index >= 15 is 0 Å². The summed E-state index contributed by atoms with van der Waals surface area (Å²) in [5, 5.41) is 0. The molecule has 0 radical (unpaired) electrons. The lowest BCUT2D eigenvalue weighted by Crippen LogP contribution is -2.27. The molecule has 0 aromatic carbocycles. The highest BCUT2D eigenvalue weighted by Gasteiger charge is 2.28. The molecule has 2 N–H and O–H groups in total. The van der Waals surface area contributed by atoms with Crippen LogP contribution in [0.5, 0.6) is 5.88 Å². The van der Waals surface area contributed by atoms with Gasteiger partial charge in [-0.15, -0.1) is 0 Å². The van der Waals surface area contributed by atoms with Gasteiger partial charge in [-0.05, 0) is 13.0 Å². The van der Waals surface area contributed by atoms with E-state index in [0.717, 1.165) is 5.69 Å². The van der Waals surface area contributed by atoms with Gasteiger partial charge in [0.15, 0.2) is 0 Å². The zero-order valence-corrected chi connectivity index (χ0v) is 9.22. The van der Waals surface area contributed by atoms with Crippen LogP contribution in [-0.4, -0.2) is 30.1 Å². The summed E-state index contributed by atoms with van der Waals surface area (Å²) >= 11 is 0. The molecule has 1 amide bonds. The molecule has 5 nitrogen and oxygen atoms in total. The van der Waals surface area contributed by atoms with Crippen LogP contribution in [-0.2, 0) is 4.79 Å². The van der Waals surface area contributed by atoms with Crippen LogP contribution in [0.3, 0.4) is 0 Å². The number of amides is 1. The smallest absolute Gasteiger partial charge is 0.228 e. The fourth-order valence-electron chi connectivity index (χ4n) is 1.75. The first-order valence-corrected chi connectivity index (χ1v) is 5.35. The Bertz CT molecular complexity index is 377. The minimum atomic E-state index is -0.0703. The van der Waals surface area contributed by atoms with Crippen LogP contribution < -0.4 is 15.4 Å². The summed E-state index contributed by atoms with van der Waals surface area (Å²) < 4.78 is 5.23. The van der Waals surface area contributed by atoms with Gasteiger partial charge < -0.3 is 15.4 Å². The maximum Gasteiger partial charge on any atom is 0.228 e. The van der Waals surface area contributed by atoms with Gasteiger partial charge in [-0.25, -0.2) is 4.98 Å². The lowest BCUT2D eigenvalue weighted by molar-refractivity contribution is -0.117. The number of aromatic nitrogens is 1. The summed E-state index contributed by atoms with van der Waals surface area (Å²) in [5.74, 6) is 0.626. The number of carbonyl (C=O) groups excluding carboxylic acids is 1. The highest BCUT2D eigenvalue weighted by atomic mass is 16.5. The van der Waals surface area contributed by atoms with E-state index in [1.165, 1.54) is 0 Å². The van der Waals surface area contributed by atoms with Gasteiger partial charge in [0, 0.05) is 25.1 Å². The third-order valence-corrected chi connectivity index (χ3v) is 2.48. The molecule has 1 fully saturated rings. The third-order valence-electron chi connectivity index (χ3n) is 2.48. The van der Waals surface area contributed by atoms with E-state index in [2.05, 4.69) is 4.98 Å². The van der Waals surface area contributed by atoms with E-state index in [4.69, 9.17) is 10.5 Å². The van der Waals surface area contributed by atoms with E-state index < -0.39 is 0 Å². The highest BCUT2D eigenvalue weighted by molar-refractivity contribution is 5.96. The zero-order chi connectivity index (χ0) is 11.5. The van der Waals surface area contributed by atoms with Crippen molar-refractivity contribution >= 4 is 11.6 Å². The summed E-state index contributed by atoms with van der Waals surface area (Å²) in [6, 6.07) is 3.52. The van der Waals surface area contributed by atoms with Gasteiger partial charge in [0.2, 0.25) is 11.8 Å². The number of nitrogens with zero attached hydrogens (tertiary/aromatic N) is 2.